The van der Waals surface area contributed by atoms with E-state index < -0.39 is 5.41 Å². The summed E-state index contributed by atoms with van der Waals surface area (Å²) in [5, 5.41) is 9.45. The summed E-state index contributed by atoms with van der Waals surface area (Å²) in [4.78, 5) is 0. The molecule has 0 fully saturated rings. The van der Waals surface area contributed by atoms with E-state index in [0.717, 1.165) is 66.2 Å². The average molecular weight is 845 g/mol. The lowest BCUT2D eigenvalue weighted by Gasteiger charge is -2.34. The van der Waals surface area contributed by atoms with E-state index in [9.17, 15) is 0 Å². The van der Waals surface area contributed by atoms with Gasteiger partial charge < -0.3 is 13.6 Å². The molecule has 14 aromatic rings. The number of benzene rings is 10. The van der Waals surface area contributed by atoms with Crippen molar-refractivity contribution in [3.8, 4) is 22.5 Å². The smallest absolute Gasteiger partial charge is 0.145 e. The first-order valence-electron chi connectivity index (χ1n) is 22.3. The predicted molar refractivity (Wildman–Crippen MR) is 273 cm³/mol. The van der Waals surface area contributed by atoms with Crippen LogP contribution in [0.4, 0.5) is 0 Å². The van der Waals surface area contributed by atoms with Gasteiger partial charge in [0.05, 0.1) is 38.3 Å². The minimum absolute atomic E-state index is 0.497. The molecule has 0 saturated carbocycles. The fourth-order valence-electron chi connectivity index (χ4n) is 11.8. The minimum atomic E-state index is -0.497. The van der Waals surface area contributed by atoms with Crippen molar-refractivity contribution in [3.63, 3.8) is 0 Å². The number of aromatic nitrogens is 2. The molecule has 0 aliphatic heterocycles. The molecule has 1 aliphatic rings. The summed E-state index contributed by atoms with van der Waals surface area (Å²) < 4.78 is 14.8. The lowest BCUT2D eigenvalue weighted by Crippen LogP contribution is -2.28. The van der Waals surface area contributed by atoms with Crippen molar-refractivity contribution < 1.29 is 4.42 Å². The first-order valence-corrected chi connectivity index (χ1v) is 23.2. The van der Waals surface area contributed by atoms with E-state index in [1.54, 1.807) is 0 Å². The Balaban J connectivity index is 0.988. The summed E-state index contributed by atoms with van der Waals surface area (Å²) in [7, 11) is 0. The van der Waals surface area contributed by atoms with Crippen LogP contribution < -0.4 is 0 Å². The molecule has 65 heavy (non-hydrogen) atoms. The second-order valence-corrected chi connectivity index (χ2v) is 18.6. The first kappa shape index (κ1) is 35.3. The Morgan fingerprint density at radius 3 is 1.51 bits per heavy atom. The maximum Gasteiger partial charge on any atom is 0.145 e. The summed E-state index contributed by atoms with van der Waals surface area (Å²) in [6, 6.07) is 80.6. The SMILES string of the molecule is c1ccc(C2(c3ccccc3)c3ccccc3-c3ccc(-n4c5ccccc5c5c6oc7c(ccc8c7c7ccccc7n8-c7ccc8sc9ccccc9c8c7)c6ccc54)cc32)cc1. The van der Waals surface area contributed by atoms with Crippen molar-refractivity contribution in [1.29, 1.82) is 0 Å². The van der Waals surface area contributed by atoms with Gasteiger partial charge in [0.15, 0.2) is 0 Å². The summed E-state index contributed by atoms with van der Waals surface area (Å²) >= 11 is 1.86. The van der Waals surface area contributed by atoms with Crippen LogP contribution in [0.3, 0.4) is 0 Å². The van der Waals surface area contributed by atoms with E-state index in [1.165, 1.54) is 64.3 Å². The predicted octanol–water partition coefficient (Wildman–Crippen LogP) is 16.5. The van der Waals surface area contributed by atoms with Gasteiger partial charge in [-0.15, -0.1) is 11.3 Å². The summed E-state index contributed by atoms with van der Waals surface area (Å²) in [5.41, 5.74) is 15.8. The van der Waals surface area contributed by atoms with Crippen molar-refractivity contribution in [2.24, 2.45) is 0 Å². The number of hydrogen-bond donors (Lipinski definition) is 0. The van der Waals surface area contributed by atoms with Crippen LogP contribution in [0.15, 0.2) is 223 Å². The lowest BCUT2D eigenvalue weighted by molar-refractivity contribution is 0.677. The molecule has 0 bridgehead atoms. The Morgan fingerprint density at radius 2 is 0.846 bits per heavy atom. The van der Waals surface area contributed by atoms with E-state index >= 15 is 0 Å². The molecule has 0 amide bonds. The molecule has 15 rings (SSSR count). The second kappa shape index (κ2) is 12.9. The Bertz CT molecular complexity index is 4260. The zero-order valence-corrected chi connectivity index (χ0v) is 35.8. The monoisotopic (exact) mass is 844 g/mol. The van der Waals surface area contributed by atoms with Crippen molar-refractivity contribution in [1.82, 2.24) is 9.13 Å². The number of furan rings is 1. The fraction of sp³-hybridized carbons (Fsp3) is 0.0164. The van der Waals surface area contributed by atoms with E-state index in [1.807, 2.05) is 11.3 Å². The van der Waals surface area contributed by atoms with Crippen LogP contribution in [0.2, 0.25) is 0 Å². The third-order valence-electron chi connectivity index (χ3n) is 14.4. The van der Waals surface area contributed by atoms with Crippen molar-refractivity contribution in [3.05, 3.63) is 241 Å². The van der Waals surface area contributed by atoms with Crippen LogP contribution in [0.1, 0.15) is 22.3 Å². The number of thiophene rings is 1. The maximum atomic E-state index is 7.35. The number of nitrogens with zero attached hydrogens (tertiary/aromatic N) is 2. The Kier molecular flexibility index (Phi) is 7.03. The number of fused-ring (bicyclic) bond motifs is 17. The van der Waals surface area contributed by atoms with Gasteiger partial charge in [-0.1, -0.05) is 146 Å². The molecule has 4 aromatic heterocycles. The third-order valence-corrected chi connectivity index (χ3v) is 15.5. The summed E-state index contributed by atoms with van der Waals surface area (Å²) in [6.07, 6.45) is 0. The molecule has 4 heterocycles. The largest absolute Gasteiger partial charge is 0.455 e. The zero-order valence-electron chi connectivity index (χ0n) is 35.0. The van der Waals surface area contributed by atoms with Gasteiger partial charge in [0.2, 0.25) is 0 Å². The lowest BCUT2D eigenvalue weighted by atomic mass is 9.67. The number of para-hydroxylation sites is 2. The standard InChI is InChI=1S/C61H36N2OS/c1-3-15-37(16-4-1)61(38-17-5-2-6-18-38)49-23-11-7-19-41(49)42-29-27-40(36-50(42)61)63-52-25-13-9-22-47(52)58-54(63)33-31-45-44-30-32-53-57(59(44)64-60(45)58)46-21-8-12-24-51(46)62(53)39-28-34-56-48(35-39)43-20-10-14-26-55(43)65-56/h1-36H. The van der Waals surface area contributed by atoms with Crippen LogP contribution in [-0.4, -0.2) is 9.13 Å². The second-order valence-electron chi connectivity index (χ2n) is 17.5. The molecular weight excluding hydrogens is 809 g/mol. The minimum Gasteiger partial charge on any atom is -0.455 e. The van der Waals surface area contributed by atoms with Crippen LogP contribution >= 0.6 is 11.3 Å². The molecule has 302 valence electrons. The highest BCUT2D eigenvalue weighted by molar-refractivity contribution is 7.25. The van der Waals surface area contributed by atoms with E-state index in [-0.39, 0.29) is 0 Å². The molecule has 0 saturated heterocycles. The van der Waals surface area contributed by atoms with Gasteiger partial charge in [0, 0.05) is 53.1 Å². The van der Waals surface area contributed by atoms with Crippen molar-refractivity contribution in [2.75, 3.05) is 0 Å². The molecule has 0 N–H and O–H groups in total. The molecule has 0 spiro atoms. The Morgan fingerprint density at radius 1 is 0.338 bits per heavy atom. The van der Waals surface area contributed by atoms with E-state index in [4.69, 9.17) is 4.42 Å². The fourth-order valence-corrected chi connectivity index (χ4v) is 12.9. The topological polar surface area (TPSA) is 23.0 Å². The van der Waals surface area contributed by atoms with Gasteiger partial charge in [0.25, 0.3) is 0 Å². The molecular formula is C61H36N2OS. The maximum absolute atomic E-state index is 7.35. The molecule has 0 unspecified atom stereocenters. The first-order chi connectivity index (χ1) is 32.3. The van der Waals surface area contributed by atoms with E-state index in [0.29, 0.717) is 0 Å². The van der Waals surface area contributed by atoms with E-state index in [2.05, 4.69) is 228 Å². The zero-order chi connectivity index (χ0) is 42.4. The molecule has 0 atom stereocenters. The average Bonchev–Trinajstić information content (AvgIpc) is 4.17. The molecule has 1 aliphatic carbocycles. The molecule has 0 radical (unpaired) electrons. The number of hydrogen-bond acceptors (Lipinski definition) is 2. The molecule has 10 aromatic carbocycles. The van der Waals surface area contributed by atoms with Crippen LogP contribution in [0.25, 0.3) is 108 Å². The number of rotatable bonds is 4. The van der Waals surface area contributed by atoms with Gasteiger partial charge >= 0.3 is 0 Å². The molecule has 3 nitrogen and oxygen atoms in total. The summed E-state index contributed by atoms with van der Waals surface area (Å²) in [6.45, 7) is 0. The van der Waals surface area contributed by atoms with Gasteiger partial charge in [0.1, 0.15) is 11.2 Å². The van der Waals surface area contributed by atoms with Gasteiger partial charge in [-0.2, -0.15) is 0 Å². The third kappa shape index (κ3) is 4.58. The van der Waals surface area contributed by atoms with Crippen LogP contribution in [0, 0.1) is 0 Å². The Hall–Kier alpha value is -8.18. The van der Waals surface area contributed by atoms with Gasteiger partial charge in [-0.05, 0) is 106 Å². The quantitative estimate of drug-likeness (QED) is 0.173. The highest BCUT2D eigenvalue weighted by atomic mass is 32.1. The Labute approximate surface area is 377 Å². The van der Waals surface area contributed by atoms with Crippen molar-refractivity contribution in [2.45, 2.75) is 5.41 Å². The summed E-state index contributed by atoms with van der Waals surface area (Å²) in [5.74, 6) is 0. The van der Waals surface area contributed by atoms with Crippen LogP contribution in [0.5, 0.6) is 0 Å². The normalized spacial score (nSPS) is 13.4. The van der Waals surface area contributed by atoms with Gasteiger partial charge in [-0.3, -0.25) is 0 Å². The highest BCUT2D eigenvalue weighted by Gasteiger charge is 2.46. The highest BCUT2D eigenvalue weighted by Crippen LogP contribution is 2.57. The van der Waals surface area contributed by atoms with Crippen molar-refractivity contribution >= 4 is 97.1 Å². The molecule has 4 heteroatoms. The van der Waals surface area contributed by atoms with Crippen LogP contribution in [-0.2, 0) is 5.41 Å². The van der Waals surface area contributed by atoms with Gasteiger partial charge in [-0.25, -0.2) is 0 Å².